The minimum absolute atomic E-state index is 0.138. The third-order valence-corrected chi connectivity index (χ3v) is 3.51. The standard InChI is InChI=1S/C16H15N3O3/c20-14(18-19-10-15(21)17-16(19)22)8-6-11-5-7-12-3-1-2-4-13(12)9-11/h1-5,7,9H,6,8,10H2,(H,18,20)(H,17,21,22). The van der Waals surface area contributed by atoms with Crippen molar-refractivity contribution < 1.29 is 14.4 Å². The predicted octanol–water partition coefficient (Wildman–Crippen LogP) is 1.36. The van der Waals surface area contributed by atoms with Gasteiger partial charge in [-0.25, -0.2) is 9.80 Å². The number of nitrogens with zero attached hydrogens (tertiary/aromatic N) is 1. The molecule has 1 aliphatic rings. The van der Waals surface area contributed by atoms with E-state index in [0.29, 0.717) is 6.42 Å². The molecule has 0 saturated carbocycles. The Balaban J connectivity index is 1.58. The number of carbonyl (C=O) groups excluding carboxylic acids is 3. The molecule has 1 aliphatic heterocycles. The van der Waals surface area contributed by atoms with Gasteiger partial charge in [-0.3, -0.25) is 20.3 Å². The lowest BCUT2D eigenvalue weighted by molar-refractivity contribution is -0.125. The third kappa shape index (κ3) is 3.06. The number of hydrazine groups is 1. The molecule has 22 heavy (non-hydrogen) atoms. The number of amides is 4. The number of fused-ring (bicyclic) bond motifs is 1. The van der Waals surface area contributed by atoms with Crippen molar-refractivity contribution in [2.24, 2.45) is 0 Å². The van der Waals surface area contributed by atoms with Gasteiger partial charge in [-0.05, 0) is 22.8 Å². The fourth-order valence-corrected chi connectivity index (χ4v) is 2.39. The summed E-state index contributed by atoms with van der Waals surface area (Å²) in [6.07, 6.45) is 0.816. The van der Waals surface area contributed by atoms with Crippen molar-refractivity contribution in [1.29, 1.82) is 0 Å². The maximum Gasteiger partial charge on any atom is 0.343 e. The van der Waals surface area contributed by atoms with Gasteiger partial charge in [0, 0.05) is 6.42 Å². The molecule has 0 radical (unpaired) electrons. The Morgan fingerprint density at radius 2 is 1.91 bits per heavy atom. The molecule has 2 aromatic carbocycles. The summed E-state index contributed by atoms with van der Waals surface area (Å²) in [5.74, 6) is -0.710. The average Bonchev–Trinajstić information content (AvgIpc) is 2.82. The van der Waals surface area contributed by atoms with Crippen LogP contribution in [0.5, 0.6) is 0 Å². The highest BCUT2D eigenvalue weighted by molar-refractivity contribution is 6.02. The maximum atomic E-state index is 11.8. The number of aryl methyl sites for hydroxylation is 1. The number of benzene rings is 2. The second kappa shape index (κ2) is 5.85. The first kappa shape index (κ1) is 14.1. The topological polar surface area (TPSA) is 78.5 Å². The summed E-state index contributed by atoms with van der Waals surface area (Å²) in [5.41, 5.74) is 3.48. The summed E-state index contributed by atoms with van der Waals surface area (Å²) in [5, 5.41) is 5.38. The van der Waals surface area contributed by atoms with Gasteiger partial charge in [0.15, 0.2) is 0 Å². The van der Waals surface area contributed by atoms with Crippen molar-refractivity contribution in [3.05, 3.63) is 48.0 Å². The molecule has 112 valence electrons. The van der Waals surface area contributed by atoms with Crippen molar-refractivity contribution in [1.82, 2.24) is 15.8 Å². The Labute approximate surface area is 127 Å². The van der Waals surface area contributed by atoms with Gasteiger partial charge in [0.2, 0.25) is 11.8 Å². The van der Waals surface area contributed by atoms with Crippen LogP contribution in [0.1, 0.15) is 12.0 Å². The number of carbonyl (C=O) groups is 3. The molecule has 0 unspecified atom stereocenters. The van der Waals surface area contributed by atoms with E-state index in [0.717, 1.165) is 21.3 Å². The van der Waals surface area contributed by atoms with E-state index in [-0.39, 0.29) is 18.9 Å². The van der Waals surface area contributed by atoms with Gasteiger partial charge in [0.05, 0.1) is 0 Å². The van der Waals surface area contributed by atoms with Crippen LogP contribution in [0.15, 0.2) is 42.5 Å². The number of urea groups is 1. The second-order valence-electron chi connectivity index (χ2n) is 5.16. The number of nitrogens with one attached hydrogen (secondary N) is 2. The molecule has 2 aromatic rings. The highest BCUT2D eigenvalue weighted by atomic mass is 16.2. The van der Waals surface area contributed by atoms with Crippen LogP contribution in [0.4, 0.5) is 4.79 Å². The van der Waals surface area contributed by atoms with Crippen molar-refractivity contribution in [3.8, 4) is 0 Å². The summed E-state index contributed by atoms with van der Waals surface area (Å²) >= 11 is 0. The lowest BCUT2D eigenvalue weighted by Gasteiger charge is -2.14. The van der Waals surface area contributed by atoms with Crippen LogP contribution in [0.3, 0.4) is 0 Å². The zero-order valence-corrected chi connectivity index (χ0v) is 11.8. The summed E-state index contributed by atoms with van der Waals surface area (Å²) < 4.78 is 0. The molecule has 6 heteroatoms. The van der Waals surface area contributed by atoms with Gasteiger partial charge < -0.3 is 0 Å². The monoisotopic (exact) mass is 297 g/mol. The second-order valence-corrected chi connectivity index (χ2v) is 5.16. The van der Waals surface area contributed by atoms with Gasteiger partial charge in [-0.1, -0.05) is 42.5 Å². The lowest BCUT2D eigenvalue weighted by Crippen LogP contribution is -2.44. The molecular formula is C16H15N3O3. The number of imide groups is 1. The SMILES string of the molecule is O=C1CN(NC(=O)CCc2ccc3ccccc3c2)C(=O)N1. The molecule has 0 spiro atoms. The van der Waals surface area contributed by atoms with Crippen molar-refractivity contribution in [3.63, 3.8) is 0 Å². The zero-order chi connectivity index (χ0) is 15.5. The summed E-state index contributed by atoms with van der Waals surface area (Å²) in [6.45, 7) is -0.138. The normalized spacial score (nSPS) is 14.3. The molecule has 0 aromatic heterocycles. The van der Waals surface area contributed by atoms with Gasteiger partial charge >= 0.3 is 6.03 Å². The molecule has 6 nitrogen and oxygen atoms in total. The van der Waals surface area contributed by atoms with Gasteiger partial charge in [-0.15, -0.1) is 0 Å². The van der Waals surface area contributed by atoms with Crippen molar-refractivity contribution in [2.75, 3.05) is 6.54 Å². The number of hydrogen-bond donors (Lipinski definition) is 2. The largest absolute Gasteiger partial charge is 0.343 e. The minimum Gasteiger partial charge on any atom is -0.275 e. The Morgan fingerprint density at radius 3 is 2.64 bits per heavy atom. The van der Waals surface area contributed by atoms with Crippen LogP contribution in [0.2, 0.25) is 0 Å². The molecule has 1 saturated heterocycles. The van der Waals surface area contributed by atoms with Crippen LogP contribution < -0.4 is 10.7 Å². The maximum absolute atomic E-state index is 11.8. The fraction of sp³-hybridized carbons (Fsp3) is 0.188. The molecular weight excluding hydrogens is 282 g/mol. The molecule has 3 rings (SSSR count). The molecule has 0 bridgehead atoms. The van der Waals surface area contributed by atoms with Gasteiger partial charge in [0.25, 0.3) is 0 Å². The Hall–Kier alpha value is -2.89. The Kier molecular flexibility index (Phi) is 3.74. The number of rotatable bonds is 4. The van der Waals surface area contributed by atoms with Crippen LogP contribution in [-0.4, -0.2) is 29.4 Å². The van der Waals surface area contributed by atoms with Crippen LogP contribution in [0, 0.1) is 0 Å². The van der Waals surface area contributed by atoms with E-state index in [1.165, 1.54) is 0 Å². The minimum atomic E-state index is -0.593. The first-order chi connectivity index (χ1) is 10.6. The van der Waals surface area contributed by atoms with Crippen LogP contribution >= 0.6 is 0 Å². The average molecular weight is 297 g/mol. The first-order valence-corrected chi connectivity index (χ1v) is 7.00. The molecule has 1 fully saturated rings. The van der Waals surface area contributed by atoms with E-state index < -0.39 is 11.9 Å². The molecule has 1 heterocycles. The van der Waals surface area contributed by atoms with Gasteiger partial charge in [0.1, 0.15) is 6.54 Å². The van der Waals surface area contributed by atoms with E-state index >= 15 is 0 Å². The zero-order valence-electron chi connectivity index (χ0n) is 11.8. The third-order valence-electron chi connectivity index (χ3n) is 3.51. The molecule has 2 N–H and O–H groups in total. The summed E-state index contributed by atoms with van der Waals surface area (Å²) in [7, 11) is 0. The predicted molar refractivity (Wildman–Crippen MR) is 80.7 cm³/mol. The fourth-order valence-electron chi connectivity index (χ4n) is 2.39. The summed E-state index contributed by atoms with van der Waals surface area (Å²) in [4.78, 5) is 34.2. The van der Waals surface area contributed by atoms with Gasteiger partial charge in [-0.2, -0.15) is 0 Å². The summed E-state index contributed by atoms with van der Waals surface area (Å²) in [6, 6.07) is 13.5. The lowest BCUT2D eigenvalue weighted by atomic mass is 10.0. The van der Waals surface area contributed by atoms with E-state index in [9.17, 15) is 14.4 Å². The van der Waals surface area contributed by atoms with E-state index in [1.54, 1.807) is 0 Å². The molecule has 0 aliphatic carbocycles. The van der Waals surface area contributed by atoms with E-state index in [4.69, 9.17) is 0 Å². The highest BCUT2D eigenvalue weighted by Gasteiger charge is 2.27. The van der Waals surface area contributed by atoms with Crippen LogP contribution in [0.25, 0.3) is 10.8 Å². The first-order valence-electron chi connectivity index (χ1n) is 7.00. The van der Waals surface area contributed by atoms with E-state index in [1.807, 2.05) is 36.4 Å². The molecule has 0 atom stereocenters. The Morgan fingerprint density at radius 1 is 1.14 bits per heavy atom. The number of hydrogen-bond acceptors (Lipinski definition) is 3. The van der Waals surface area contributed by atoms with Crippen LogP contribution in [-0.2, 0) is 16.0 Å². The van der Waals surface area contributed by atoms with Crippen molar-refractivity contribution in [2.45, 2.75) is 12.8 Å². The molecule has 4 amide bonds. The van der Waals surface area contributed by atoms with Crippen molar-refractivity contribution >= 4 is 28.6 Å². The Bertz CT molecular complexity index is 757. The quantitative estimate of drug-likeness (QED) is 0.836. The highest BCUT2D eigenvalue weighted by Crippen LogP contribution is 2.16. The van der Waals surface area contributed by atoms with E-state index in [2.05, 4.69) is 16.8 Å². The smallest absolute Gasteiger partial charge is 0.275 e.